The number of benzene rings is 1. The number of nitrogens with two attached hydrogens (primary N) is 1. The topological polar surface area (TPSA) is 110 Å². The average Bonchev–Trinajstić information content (AvgIpc) is 2.50. The van der Waals surface area contributed by atoms with E-state index in [1.165, 1.54) is 0 Å². The van der Waals surface area contributed by atoms with Gasteiger partial charge in [0.15, 0.2) is 0 Å². The molecule has 4 N–H and O–H groups in total. The Labute approximate surface area is 137 Å². The van der Waals surface area contributed by atoms with Crippen LogP contribution in [0.5, 0.6) is 0 Å². The predicted octanol–water partition coefficient (Wildman–Crippen LogP) is 0.335. The summed E-state index contributed by atoms with van der Waals surface area (Å²) in [6, 6.07) is 2.17. The molecule has 1 heterocycles. The van der Waals surface area contributed by atoms with Crippen LogP contribution in [0.15, 0.2) is 40.1 Å². The van der Waals surface area contributed by atoms with Crippen molar-refractivity contribution < 1.29 is 22.4 Å². The highest BCUT2D eigenvalue weighted by molar-refractivity contribution is 5.88. The number of carbonyl (C=O) groups excluding carboxylic acids is 1. The third kappa shape index (κ3) is 4.32. The Balaban J connectivity index is 2.17. The van der Waals surface area contributed by atoms with E-state index in [1.54, 1.807) is 0 Å². The second-order valence-electron chi connectivity index (χ2n) is 5.04. The lowest BCUT2D eigenvalue weighted by Gasteiger charge is -2.15. The van der Waals surface area contributed by atoms with E-state index >= 15 is 0 Å². The van der Waals surface area contributed by atoms with E-state index in [1.807, 2.05) is 10.4 Å². The number of aromatic amines is 1. The molecule has 1 aromatic heterocycles. The van der Waals surface area contributed by atoms with Crippen molar-refractivity contribution in [2.75, 3.05) is 5.43 Å². The quantitative estimate of drug-likeness (QED) is 0.683. The van der Waals surface area contributed by atoms with E-state index in [4.69, 9.17) is 5.73 Å². The molecule has 25 heavy (non-hydrogen) atoms. The summed E-state index contributed by atoms with van der Waals surface area (Å²) in [6.07, 6.45) is -4.44. The van der Waals surface area contributed by atoms with Crippen LogP contribution in [0.25, 0.3) is 0 Å². The van der Waals surface area contributed by atoms with Crippen LogP contribution in [0.3, 0.4) is 0 Å². The number of halogens is 4. The first kappa shape index (κ1) is 18.4. The first-order valence-electron chi connectivity index (χ1n) is 6.82. The van der Waals surface area contributed by atoms with Gasteiger partial charge in [0, 0.05) is 12.3 Å². The summed E-state index contributed by atoms with van der Waals surface area (Å²) in [5.41, 5.74) is 4.11. The number of carbonyl (C=O) groups is 1. The smallest absolute Gasteiger partial charge is 0.320 e. The molecule has 1 atom stereocenters. The van der Waals surface area contributed by atoms with Crippen LogP contribution < -0.4 is 22.4 Å². The largest absolute Gasteiger partial charge is 0.419 e. The molecule has 0 spiro atoms. The van der Waals surface area contributed by atoms with Gasteiger partial charge in [-0.2, -0.15) is 13.2 Å². The number of rotatable bonds is 4. The van der Waals surface area contributed by atoms with E-state index in [0.29, 0.717) is 10.7 Å². The highest BCUT2D eigenvalue weighted by atomic mass is 19.4. The lowest BCUT2D eigenvalue weighted by molar-refractivity contribution is -0.140. The van der Waals surface area contributed by atoms with E-state index < -0.39 is 52.7 Å². The fraction of sp³-hybridized carbons (Fsp3) is 0.214. The molecule has 1 amide bonds. The standard InChI is InChI=1S/C14H12F4N4O3/c15-11-7(2-1-3-8(11)14(16,17)18)6-9(19)12(24)21-22-5-4-10(23)20-13(22)25/h1-5,9H,6,19H2,(H,21,24)(H,20,23,25). The lowest BCUT2D eigenvalue weighted by Crippen LogP contribution is -2.45. The number of hydrogen-bond donors (Lipinski definition) is 3. The van der Waals surface area contributed by atoms with Gasteiger partial charge in [-0.25, -0.2) is 13.9 Å². The van der Waals surface area contributed by atoms with Gasteiger partial charge < -0.3 is 5.73 Å². The zero-order valence-corrected chi connectivity index (χ0v) is 12.4. The Morgan fingerprint density at radius 3 is 2.56 bits per heavy atom. The minimum Gasteiger partial charge on any atom is -0.320 e. The Morgan fingerprint density at radius 2 is 1.96 bits per heavy atom. The molecule has 0 fully saturated rings. The molecule has 7 nitrogen and oxygen atoms in total. The number of nitrogens with zero attached hydrogens (tertiary/aromatic N) is 1. The fourth-order valence-electron chi connectivity index (χ4n) is 1.99. The van der Waals surface area contributed by atoms with Gasteiger partial charge in [0.25, 0.3) is 11.5 Å². The number of amides is 1. The highest BCUT2D eigenvalue weighted by Crippen LogP contribution is 2.32. The molecule has 1 aromatic carbocycles. The van der Waals surface area contributed by atoms with Crippen molar-refractivity contribution in [2.24, 2.45) is 5.73 Å². The van der Waals surface area contributed by atoms with Crippen LogP contribution in [-0.4, -0.2) is 21.6 Å². The minimum absolute atomic E-state index is 0.397. The molecular formula is C14H12F4N4O3. The predicted molar refractivity (Wildman–Crippen MR) is 78.8 cm³/mol. The second kappa shape index (κ2) is 6.89. The normalized spacial score (nSPS) is 12.7. The van der Waals surface area contributed by atoms with E-state index in [-0.39, 0.29) is 0 Å². The Bertz CT molecular complexity index is 904. The summed E-state index contributed by atoms with van der Waals surface area (Å²) in [7, 11) is 0. The van der Waals surface area contributed by atoms with Crippen LogP contribution in [0.1, 0.15) is 11.1 Å². The van der Waals surface area contributed by atoms with Gasteiger partial charge in [0.1, 0.15) is 5.82 Å². The zero-order chi connectivity index (χ0) is 18.8. The van der Waals surface area contributed by atoms with Gasteiger partial charge in [-0.3, -0.25) is 20.0 Å². The average molecular weight is 360 g/mol. The number of aromatic nitrogens is 2. The molecular weight excluding hydrogens is 348 g/mol. The van der Waals surface area contributed by atoms with Gasteiger partial charge in [-0.05, 0) is 18.1 Å². The lowest BCUT2D eigenvalue weighted by atomic mass is 10.0. The van der Waals surface area contributed by atoms with Crippen molar-refractivity contribution >= 4 is 5.91 Å². The van der Waals surface area contributed by atoms with Gasteiger partial charge in [-0.15, -0.1) is 0 Å². The summed E-state index contributed by atoms with van der Waals surface area (Å²) in [5, 5.41) is 0. The summed E-state index contributed by atoms with van der Waals surface area (Å²) in [5.74, 6) is -2.47. The molecule has 2 rings (SSSR count). The van der Waals surface area contributed by atoms with Crippen LogP contribution in [0.4, 0.5) is 17.6 Å². The third-order valence-electron chi connectivity index (χ3n) is 3.22. The minimum atomic E-state index is -4.88. The van der Waals surface area contributed by atoms with E-state index in [2.05, 4.69) is 0 Å². The van der Waals surface area contributed by atoms with Crippen LogP contribution in [0.2, 0.25) is 0 Å². The molecule has 1 unspecified atom stereocenters. The van der Waals surface area contributed by atoms with Crippen molar-refractivity contribution in [3.8, 4) is 0 Å². The van der Waals surface area contributed by atoms with E-state index in [0.717, 1.165) is 24.4 Å². The summed E-state index contributed by atoms with van der Waals surface area (Å²) >= 11 is 0. The van der Waals surface area contributed by atoms with Crippen molar-refractivity contribution in [1.82, 2.24) is 9.66 Å². The Kier molecular flexibility index (Phi) is 5.07. The molecule has 134 valence electrons. The van der Waals surface area contributed by atoms with Crippen LogP contribution in [-0.2, 0) is 17.4 Å². The van der Waals surface area contributed by atoms with Crippen LogP contribution in [0, 0.1) is 5.82 Å². The molecule has 0 aliphatic heterocycles. The second-order valence-corrected chi connectivity index (χ2v) is 5.04. The molecule has 0 saturated carbocycles. The fourth-order valence-corrected chi connectivity index (χ4v) is 1.99. The number of hydrogen-bond acceptors (Lipinski definition) is 4. The van der Waals surface area contributed by atoms with Crippen molar-refractivity contribution in [3.05, 3.63) is 68.2 Å². The molecule has 0 radical (unpaired) electrons. The Hall–Kier alpha value is -2.95. The van der Waals surface area contributed by atoms with Crippen molar-refractivity contribution in [2.45, 2.75) is 18.6 Å². The maximum atomic E-state index is 13.9. The SMILES string of the molecule is NC(Cc1cccc(C(F)(F)F)c1F)C(=O)Nn1ccc(=O)[nH]c1=O. The molecule has 0 aliphatic carbocycles. The number of H-pyrrole nitrogens is 1. The first-order valence-corrected chi connectivity index (χ1v) is 6.82. The number of alkyl halides is 3. The summed E-state index contributed by atoms with van der Waals surface area (Å²) in [6.45, 7) is 0. The van der Waals surface area contributed by atoms with E-state index in [9.17, 15) is 31.9 Å². The van der Waals surface area contributed by atoms with Crippen molar-refractivity contribution in [3.63, 3.8) is 0 Å². The molecule has 11 heteroatoms. The maximum Gasteiger partial charge on any atom is 0.419 e. The van der Waals surface area contributed by atoms with Crippen molar-refractivity contribution in [1.29, 1.82) is 0 Å². The molecule has 0 bridgehead atoms. The highest BCUT2D eigenvalue weighted by Gasteiger charge is 2.35. The van der Waals surface area contributed by atoms with Gasteiger partial charge in [0.2, 0.25) is 0 Å². The summed E-state index contributed by atoms with van der Waals surface area (Å²) < 4.78 is 52.6. The zero-order valence-electron chi connectivity index (χ0n) is 12.4. The first-order chi connectivity index (χ1) is 11.6. The number of nitrogens with one attached hydrogen (secondary N) is 2. The van der Waals surface area contributed by atoms with Gasteiger partial charge >= 0.3 is 11.9 Å². The maximum absolute atomic E-state index is 13.9. The molecule has 0 saturated heterocycles. The third-order valence-corrected chi connectivity index (χ3v) is 3.22. The molecule has 2 aromatic rings. The van der Waals surface area contributed by atoms with Gasteiger partial charge in [-0.1, -0.05) is 12.1 Å². The van der Waals surface area contributed by atoms with Gasteiger partial charge in [0.05, 0.1) is 11.6 Å². The Morgan fingerprint density at radius 1 is 1.28 bits per heavy atom. The molecule has 0 aliphatic rings. The monoisotopic (exact) mass is 360 g/mol. The summed E-state index contributed by atoms with van der Waals surface area (Å²) in [4.78, 5) is 36.1. The van der Waals surface area contributed by atoms with Crippen LogP contribution >= 0.6 is 0 Å².